The number of aromatic nitrogens is 1. The van der Waals surface area contributed by atoms with Gasteiger partial charge in [-0.2, -0.15) is 0 Å². The van der Waals surface area contributed by atoms with Crippen molar-refractivity contribution in [3.05, 3.63) is 103 Å². The number of benzene rings is 5. The van der Waals surface area contributed by atoms with Crippen molar-refractivity contribution in [1.82, 2.24) is 4.98 Å². The first-order valence-corrected chi connectivity index (χ1v) is 12.0. The number of pyridine rings is 1. The lowest BCUT2D eigenvalue weighted by atomic mass is 9.93. The van der Waals surface area contributed by atoms with Gasteiger partial charge in [0.2, 0.25) is 0 Å². The van der Waals surface area contributed by atoms with Crippen LogP contribution in [0.4, 0.5) is 0 Å². The zero-order chi connectivity index (χ0) is 21.5. The largest absolute Gasteiger partial charge is 0.246 e. The molecule has 8 rings (SSSR count). The molecule has 0 saturated carbocycles. The molecule has 0 atom stereocenters. The zero-order valence-electron chi connectivity index (χ0n) is 17.7. The summed E-state index contributed by atoms with van der Waals surface area (Å²) in [7, 11) is 0. The van der Waals surface area contributed by atoms with E-state index in [2.05, 4.69) is 103 Å². The van der Waals surface area contributed by atoms with Gasteiger partial charge in [0, 0.05) is 15.5 Å². The molecule has 0 bridgehead atoms. The quantitative estimate of drug-likeness (QED) is 0.250. The van der Waals surface area contributed by atoms with Crippen molar-refractivity contribution >= 4 is 53.3 Å². The van der Waals surface area contributed by atoms with Crippen LogP contribution < -0.4 is 0 Å². The summed E-state index contributed by atoms with van der Waals surface area (Å²) in [6, 6.07) is 37.6. The van der Waals surface area contributed by atoms with E-state index in [1.165, 1.54) is 64.3 Å². The highest BCUT2D eigenvalue weighted by Gasteiger charge is 2.22. The van der Waals surface area contributed by atoms with Crippen LogP contribution in [0.5, 0.6) is 0 Å². The second-order valence-corrected chi connectivity index (χ2v) is 9.86. The fourth-order valence-corrected chi connectivity index (χ4v) is 6.62. The van der Waals surface area contributed by atoms with Gasteiger partial charge in [-0.1, -0.05) is 78.9 Å². The van der Waals surface area contributed by atoms with Crippen molar-refractivity contribution in [1.29, 1.82) is 0 Å². The molecule has 2 heteroatoms. The molecular formula is C31H17NS. The standard InChI is InChI=1S/C31H17NS/c1-2-7-22-21(6-1)24-10-5-9-23-20(13-14-25(22)30(23)24)18-12-15-27-19(16-18)17-29-31(32-27)26-8-3-4-11-28(26)33-29/h1-17H. The van der Waals surface area contributed by atoms with E-state index in [1.54, 1.807) is 0 Å². The summed E-state index contributed by atoms with van der Waals surface area (Å²) >= 11 is 1.82. The Balaban J connectivity index is 1.38. The Morgan fingerprint density at radius 2 is 1.24 bits per heavy atom. The molecule has 1 aliphatic rings. The second-order valence-electron chi connectivity index (χ2n) is 8.78. The van der Waals surface area contributed by atoms with Gasteiger partial charge in [-0.25, -0.2) is 4.98 Å². The SMILES string of the molecule is c1ccc2c(c1)-c1cccc3c(-c4ccc5nc6c(cc5c4)sc4ccccc46)ccc-2c13. The highest BCUT2D eigenvalue weighted by atomic mass is 32.1. The number of thiophene rings is 1. The molecule has 0 aliphatic heterocycles. The molecule has 5 aromatic carbocycles. The van der Waals surface area contributed by atoms with Crippen LogP contribution in [0, 0.1) is 0 Å². The first-order valence-electron chi connectivity index (χ1n) is 11.2. The van der Waals surface area contributed by atoms with E-state index in [0.29, 0.717) is 0 Å². The highest BCUT2D eigenvalue weighted by Crippen LogP contribution is 2.49. The van der Waals surface area contributed by atoms with Gasteiger partial charge in [0.05, 0.1) is 15.7 Å². The topological polar surface area (TPSA) is 12.9 Å². The number of fused-ring (bicyclic) bond motifs is 7. The fourth-order valence-electron chi connectivity index (χ4n) is 5.53. The van der Waals surface area contributed by atoms with Gasteiger partial charge in [-0.15, -0.1) is 11.3 Å². The highest BCUT2D eigenvalue weighted by molar-refractivity contribution is 7.25. The third-order valence-electron chi connectivity index (χ3n) is 7.00. The summed E-state index contributed by atoms with van der Waals surface area (Å²) < 4.78 is 2.54. The van der Waals surface area contributed by atoms with E-state index < -0.39 is 0 Å². The molecule has 7 aromatic rings. The molecule has 2 aromatic heterocycles. The van der Waals surface area contributed by atoms with E-state index in [-0.39, 0.29) is 0 Å². The molecule has 2 heterocycles. The summed E-state index contributed by atoms with van der Waals surface area (Å²) in [6.07, 6.45) is 0. The fraction of sp³-hybridized carbons (Fsp3) is 0. The minimum absolute atomic E-state index is 1.05. The van der Waals surface area contributed by atoms with Gasteiger partial charge in [-0.05, 0) is 68.4 Å². The Bertz CT molecular complexity index is 1900. The first kappa shape index (κ1) is 17.5. The van der Waals surface area contributed by atoms with Gasteiger partial charge in [-0.3, -0.25) is 0 Å². The second kappa shape index (κ2) is 6.28. The molecular weight excluding hydrogens is 418 g/mol. The van der Waals surface area contributed by atoms with Gasteiger partial charge >= 0.3 is 0 Å². The van der Waals surface area contributed by atoms with Crippen LogP contribution in [-0.2, 0) is 0 Å². The molecule has 1 aliphatic carbocycles. The number of rotatable bonds is 1. The van der Waals surface area contributed by atoms with Crippen molar-refractivity contribution in [2.24, 2.45) is 0 Å². The lowest BCUT2D eigenvalue weighted by molar-refractivity contribution is 1.53. The summed E-state index contributed by atoms with van der Waals surface area (Å²) in [5.41, 5.74) is 10.0. The van der Waals surface area contributed by atoms with Crippen LogP contribution in [0.3, 0.4) is 0 Å². The van der Waals surface area contributed by atoms with Crippen molar-refractivity contribution < 1.29 is 0 Å². The van der Waals surface area contributed by atoms with Gasteiger partial charge in [0.1, 0.15) is 0 Å². The number of nitrogens with zero attached hydrogens (tertiary/aromatic N) is 1. The normalized spacial score (nSPS) is 12.2. The monoisotopic (exact) mass is 435 g/mol. The zero-order valence-corrected chi connectivity index (χ0v) is 18.5. The van der Waals surface area contributed by atoms with E-state index in [4.69, 9.17) is 4.98 Å². The Morgan fingerprint density at radius 1 is 0.515 bits per heavy atom. The van der Waals surface area contributed by atoms with Crippen molar-refractivity contribution in [3.8, 4) is 33.4 Å². The van der Waals surface area contributed by atoms with Crippen molar-refractivity contribution in [2.75, 3.05) is 0 Å². The van der Waals surface area contributed by atoms with Crippen LogP contribution in [0.15, 0.2) is 103 Å². The molecule has 0 saturated heterocycles. The molecule has 0 fully saturated rings. The van der Waals surface area contributed by atoms with Gasteiger partial charge in [0.15, 0.2) is 0 Å². The molecule has 1 nitrogen and oxygen atoms in total. The minimum atomic E-state index is 1.05. The minimum Gasteiger partial charge on any atom is -0.246 e. The molecule has 0 unspecified atom stereocenters. The average molecular weight is 436 g/mol. The number of hydrogen-bond donors (Lipinski definition) is 0. The van der Waals surface area contributed by atoms with E-state index in [1.807, 2.05) is 11.3 Å². The summed E-state index contributed by atoms with van der Waals surface area (Å²) in [6.45, 7) is 0. The maximum Gasteiger partial charge on any atom is 0.0896 e. The lowest BCUT2D eigenvalue weighted by Crippen LogP contribution is -1.85. The third-order valence-corrected chi connectivity index (χ3v) is 8.11. The molecule has 0 N–H and O–H groups in total. The van der Waals surface area contributed by atoms with Crippen LogP contribution in [0.2, 0.25) is 0 Å². The molecule has 0 amide bonds. The Hall–Kier alpha value is -4.01. The first-order chi connectivity index (χ1) is 16.3. The van der Waals surface area contributed by atoms with Crippen LogP contribution in [0.25, 0.3) is 75.4 Å². The van der Waals surface area contributed by atoms with E-state index in [9.17, 15) is 0 Å². The van der Waals surface area contributed by atoms with Gasteiger partial charge < -0.3 is 0 Å². The Kier molecular flexibility index (Phi) is 3.34. The molecule has 0 spiro atoms. The average Bonchev–Trinajstić information content (AvgIpc) is 3.39. The van der Waals surface area contributed by atoms with Crippen molar-refractivity contribution in [2.45, 2.75) is 0 Å². The molecule has 33 heavy (non-hydrogen) atoms. The van der Waals surface area contributed by atoms with Crippen molar-refractivity contribution in [3.63, 3.8) is 0 Å². The molecule has 0 radical (unpaired) electrons. The van der Waals surface area contributed by atoms with Crippen LogP contribution >= 0.6 is 11.3 Å². The van der Waals surface area contributed by atoms with E-state index >= 15 is 0 Å². The summed E-state index contributed by atoms with van der Waals surface area (Å²) in [4.78, 5) is 5.04. The maximum absolute atomic E-state index is 5.04. The third kappa shape index (κ3) is 2.33. The Labute approximate surface area is 194 Å². The number of hydrogen-bond acceptors (Lipinski definition) is 2. The lowest BCUT2D eigenvalue weighted by Gasteiger charge is -2.10. The van der Waals surface area contributed by atoms with Crippen LogP contribution in [-0.4, -0.2) is 4.98 Å². The van der Waals surface area contributed by atoms with Gasteiger partial charge in [0.25, 0.3) is 0 Å². The molecule has 152 valence electrons. The predicted octanol–water partition coefficient (Wildman–Crippen LogP) is 9.07. The Morgan fingerprint density at radius 3 is 2.15 bits per heavy atom. The predicted molar refractivity (Wildman–Crippen MR) is 142 cm³/mol. The van der Waals surface area contributed by atoms with Crippen LogP contribution in [0.1, 0.15) is 0 Å². The van der Waals surface area contributed by atoms with E-state index in [0.717, 1.165) is 11.0 Å². The summed E-state index contributed by atoms with van der Waals surface area (Å²) in [5.74, 6) is 0. The maximum atomic E-state index is 5.04. The smallest absolute Gasteiger partial charge is 0.0896 e. The summed E-state index contributed by atoms with van der Waals surface area (Å²) in [5, 5.41) is 5.12.